The number of nitro benzene ring substituents is 1. The summed E-state index contributed by atoms with van der Waals surface area (Å²) < 4.78 is 0. The van der Waals surface area contributed by atoms with Crippen LogP contribution in [0, 0.1) is 15.5 Å². The Morgan fingerprint density at radius 1 is 1.35 bits per heavy atom. The monoisotopic (exact) mass is 234 g/mol. The van der Waals surface area contributed by atoms with Crippen molar-refractivity contribution < 1.29 is 4.92 Å². The summed E-state index contributed by atoms with van der Waals surface area (Å²) >= 11 is 0. The van der Waals surface area contributed by atoms with Gasteiger partial charge < -0.3 is 4.90 Å². The second kappa shape index (κ2) is 4.35. The third-order valence-corrected chi connectivity index (χ3v) is 3.32. The molecule has 0 amide bonds. The van der Waals surface area contributed by atoms with Crippen LogP contribution >= 0.6 is 0 Å². The van der Waals surface area contributed by atoms with Gasteiger partial charge in [0, 0.05) is 19.2 Å². The maximum absolute atomic E-state index is 11.0. The fourth-order valence-corrected chi connectivity index (χ4v) is 2.51. The van der Waals surface area contributed by atoms with Crippen molar-refractivity contribution in [3.8, 4) is 0 Å². The van der Waals surface area contributed by atoms with E-state index in [2.05, 4.69) is 18.7 Å². The van der Waals surface area contributed by atoms with Gasteiger partial charge in [-0.1, -0.05) is 26.0 Å². The second-order valence-electron chi connectivity index (χ2n) is 5.44. The lowest BCUT2D eigenvalue weighted by molar-refractivity contribution is -0.384. The van der Waals surface area contributed by atoms with Crippen LogP contribution in [0.5, 0.6) is 0 Å². The van der Waals surface area contributed by atoms with Crippen LogP contribution in [-0.2, 0) is 0 Å². The lowest BCUT2D eigenvalue weighted by Gasteiger charge is -2.39. The van der Waals surface area contributed by atoms with E-state index in [0.717, 1.165) is 25.2 Å². The highest BCUT2D eigenvalue weighted by molar-refractivity contribution is 5.63. The molecule has 0 N–H and O–H groups in total. The predicted octanol–water partition coefficient (Wildman–Crippen LogP) is 3.22. The number of nitrogens with zero attached hydrogens (tertiary/aromatic N) is 2. The van der Waals surface area contributed by atoms with E-state index in [0.29, 0.717) is 0 Å². The van der Waals surface area contributed by atoms with Crippen molar-refractivity contribution in [2.24, 2.45) is 5.41 Å². The predicted molar refractivity (Wildman–Crippen MR) is 68.3 cm³/mol. The van der Waals surface area contributed by atoms with Crippen LogP contribution < -0.4 is 4.90 Å². The van der Waals surface area contributed by atoms with Crippen LogP contribution in [0.15, 0.2) is 24.3 Å². The molecule has 0 spiro atoms. The lowest BCUT2D eigenvalue weighted by Crippen LogP contribution is -2.40. The molecule has 17 heavy (non-hydrogen) atoms. The third-order valence-electron chi connectivity index (χ3n) is 3.32. The Bertz CT molecular complexity index is 429. The molecule has 0 aliphatic carbocycles. The largest absolute Gasteiger partial charge is 0.365 e. The van der Waals surface area contributed by atoms with E-state index in [1.807, 2.05) is 12.1 Å². The first kappa shape index (κ1) is 11.9. The van der Waals surface area contributed by atoms with Crippen LogP contribution in [0.4, 0.5) is 11.4 Å². The molecule has 92 valence electrons. The van der Waals surface area contributed by atoms with Crippen LogP contribution in [0.3, 0.4) is 0 Å². The molecule has 4 heteroatoms. The first-order chi connectivity index (χ1) is 7.99. The summed E-state index contributed by atoms with van der Waals surface area (Å²) in [6.45, 7) is 6.23. The minimum Gasteiger partial charge on any atom is -0.365 e. The number of benzene rings is 1. The fourth-order valence-electron chi connectivity index (χ4n) is 2.51. The fraction of sp³-hybridized carbons (Fsp3) is 0.538. The van der Waals surface area contributed by atoms with Gasteiger partial charge in [0.15, 0.2) is 0 Å². The first-order valence-corrected chi connectivity index (χ1v) is 5.98. The molecule has 1 aromatic rings. The van der Waals surface area contributed by atoms with Crippen molar-refractivity contribution in [3.05, 3.63) is 34.4 Å². The molecule has 0 radical (unpaired) electrons. The lowest BCUT2D eigenvalue weighted by atomic mass is 9.84. The zero-order chi connectivity index (χ0) is 12.5. The summed E-state index contributed by atoms with van der Waals surface area (Å²) in [7, 11) is 0. The average Bonchev–Trinajstić information content (AvgIpc) is 2.27. The molecule has 1 aromatic carbocycles. The third kappa shape index (κ3) is 2.57. The van der Waals surface area contributed by atoms with Gasteiger partial charge in [-0.25, -0.2) is 0 Å². The number of rotatable bonds is 2. The van der Waals surface area contributed by atoms with Crippen molar-refractivity contribution in [1.82, 2.24) is 0 Å². The standard InChI is InChI=1S/C13H18N2O2/c1-13(2)8-5-9-14(10-13)11-6-3-4-7-12(11)15(16)17/h3-4,6-7H,5,8-10H2,1-2H3. The molecule has 0 saturated carbocycles. The number of piperidine rings is 1. The van der Waals surface area contributed by atoms with E-state index < -0.39 is 0 Å². The average molecular weight is 234 g/mol. The van der Waals surface area contributed by atoms with E-state index >= 15 is 0 Å². The Morgan fingerprint density at radius 3 is 2.71 bits per heavy atom. The number of anilines is 1. The highest BCUT2D eigenvalue weighted by Gasteiger charge is 2.29. The zero-order valence-corrected chi connectivity index (χ0v) is 10.3. The number of hydrogen-bond donors (Lipinski definition) is 0. The van der Waals surface area contributed by atoms with Gasteiger partial charge in [0.2, 0.25) is 0 Å². The summed E-state index contributed by atoms with van der Waals surface area (Å²) in [6.07, 6.45) is 2.28. The second-order valence-corrected chi connectivity index (χ2v) is 5.44. The molecule has 1 saturated heterocycles. The van der Waals surface area contributed by atoms with Crippen molar-refractivity contribution in [2.75, 3.05) is 18.0 Å². The topological polar surface area (TPSA) is 46.4 Å². The van der Waals surface area contributed by atoms with E-state index in [1.54, 1.807) is 12.1 Å². The van der Waals surface area contributed by atoms with Gasteiger partial charge in [0.1, 0.15) is 5.69 Å². The molecular weight excluding hydrogens is 216 g/mol. The van der Waals surface area contributed by atoms with Gasteiger partial charge in [-0.15, -0.1) is 0 Å². The van der Waals surface area contributed by atoms with Gasteiger partial charge in [-0.3, -0.25) is 10.1 Å². The van der Waals surface area contributed by atoms with Crippen molar-refractivity contribution in [1.29, 1.82) is 0 Å². The van der Waals surface area contributed by atoms with Gasteiger partial charge >= 0.3 is 0 Å². The SMILES string of the molecule is CC1(C)CCCN(c2ccccc2[N+](=O)[O-])C1. The molecule has 0 unspecified atom stereocenters. The Balaban J connectivity index is 2.30. The molecule has 0 atom stereocenters. The van der Waals surface area contributed by atoms with Crippen LogP contribution in [0.2, 0.25) is 0 Å². The summed E-state index contributed by atoms with van der Waals surface area (Å²) in [6, 6.07) is 7.01. The number of hydrogen-bond acceptors (Lipinski definition) is 3. The van der Waals surface area contributed by atoms with E-state index in [9.17, 15) is 10.1 Å². The van der Waals surface area contributed by atoms with Gasteiger partial charge in [0.25, 0.3) is 5.69 Å². The molecule has 4 nitrogen and oxygen atoms in total. The van der Waals surface area contributed by atoms with Crippen molar-refractivity contribution >= 4 is 11.4 Å². The number of para-hydroxylation sites is 2. The minimum absolute atomic E-state index is 0.213. The molecule has 1 heterocycles. The molecule has 0 bridgehead atoms. The highest BCUT2D eigenvalue weighted by Crippen LogP contribution is 2.35. The van der Waals surface area contributed by atoms with Gasteiger partial charge in [0.05, 0.1) is 4.92 Å². The molecule has 1 fully saturated rings. The molecular formula is C13H18N2O2. The van der Waals surface area contributed by atoms with E-state index in [1.165, 1.54) is 6.42 Å². The molecule has 1 aliphatic rings. The summed E-state index contributed by atoms with van der Waals surface area (Å²) in [4.78, 5) is 12.9. The summed E-state index contributed by atoms with van der Waals surface area (Å²) in [5, 5.41) is 11.0. The van der Waals surface area contributed by atoms with Gasteiger partial charge in [-0.05, 0) is 24.3 Å². The van der Waals surface area contributed by atoms with Crippen LogP contribution in [0.1, 0.15) is 26.7 Å². The zero-order valence-electron chi connectivity index (χ0n) is 10.3. The van der Waals surface area contributed by atoms with Crippen molar-refractivity contribution in [2.45, 2.75) is 26.7 Å². The Kier molecular flexibility index (Phi) is 3.05. The summed E-state index contributed by atoms with van der Waals surface area (Å²) in [5.74, 6) is 0. The quantitative estimate of drug-likeness (QED) is 0.583. The van der Waals surface area contributed by atoms with Gasteiger partial charge in [-0.2, -0.15) is 0 Å². The Hall–Kier alpha value is -1.58. The van der Waals surface area contributed by atoms with Crippen LogP contribution in [0.25, 0.3) is 0 Å². The normalized spacial score (nSPS) is 19.1. The Morgan fingerprint density at radius 2 is 2.06 bits per heavy atom. The van der Waals surface area contributed by atoms with Crippen LogP contribution in [-0.4, -0.2) is 18.0 Å². The smallest absolute Gasteiger partial charge is 0.292 e. The molecule has 1 aliphatic heterocycles. The molecule has 0 aromatic heterocycles. The Labute approximate surface area is 101 Å². The molecule has 2 rings (SSSR count). The van der Waals surface area contributed by atoms with E-state index in [-0.39, 0.29) is 16.0 Å². The van der Waals surface area contributed by atoms with Crippen molar-refractivity contribution in [3.63, 3.8) is 0 Å². The minimum atomic E-state index is -0.295. The summed E-state index contributed by atoms with van der Waals surface area (Å²) in [5.41, 5.74) is 1.21. The highest BCUT2D eigenvalue weighted by atomic mass is 16.6. The maximum atomic E-state index is 11.0. The number of nitro groups is 1. The first-order valence-electron chi connectivity index (χ1n) is 5.98. The maximum Gasteiger partial charge on any atom is 0.292 e. The van der Waals surface area contributed by atoms with E-state index in [4.69, 9.17) is 0 Å².